The van der Waals surface area contributed by atoms with Gasteiger partial charge in [0, 0.05) is 0 Å². The van der Waals surface area contributed by atoms with Gasteiger partial charge < -0.3 is 4.74 Å². The van der Waals surface area contributed by atoms with E-state index in [9.17, 15) is 0 Å². The lowest BCUT2D eigenvalue weighted by Crippen LogP contribution is -1.92. The van der Waals surface area contributed by atoms with Gasteiger partial charge in [-0.25, -0.2) is 0 Å². The number of ether oxygens (including phenoxy) is 1. The highest BCUT2D eigenvalue weighted by Gasteiger charge is 1.99. The third-order valence-corrected chi connectivity index (χ3v) is 3.91. The second-order valence-corrected chi connectivity index (χ2v) is 5.88. The Labute approximate surface area is 151 Å². The normalized spacial score (nSPS) is 11.0. The highest BCUT2D eigenvalue weighted by Crippen LogP contribution is 2.22. The number of hydrogen-bond donors (Lipinski definition) is 0. The fourth-order valence-electron chi connectivity index (χ4n) is 2.45. The van der Waals surface area contributed by atoms with Crippen LogP contribution in [0.4, 0.5) is 0 Å². The van der Waals surface area contributed by atoms with Gasteiger partial charge in [0.25, 0.3) is 0 Å². The van der Waals surface area contributed by atoms with E-state index in [0.29, 0.717) is 12.2 Å². The lowest BCUT2D eigenvalue weighted by Gasteiger charge is -2.05. The van der Waals surface area contributed by atoms with E-state index in [4.69, 9.17) is 10.00 Å². The van der Waals surface area contributed by atoms with Crippen molar-refractivity contribution < 1.29 is 4.74 Å². The number of allylic oxidation sites excluding steroid dienone is 3. The molecule has 0 heterocycles. The first-order valence-electron chi connectivity index (χ1n) is 8.88. The summed E-state index contributed by atoms with van der Waals surface area (Å²) >= 11 is 0. The van der Waals surface area contributed by atoms with E-state index in [2.05, 4.69) is 25.1 Å². The molecule has 128 valence electrons. The zero-order chi connectivity index (χ0) is 17.7. The Hall–Kier alpha value is -2.79. The van der Waals surface area contributed by atoms with E-state index >= 15 is 0 Å². The molecule has 0 aromatic heterocycles. The van der Waals surface area contributed by atoms with Crippen LogP contribution in [0, 0.1) is 11.3 Å². The maximum atomic E-state index is 8.84. The van der Waals surface area contributed by atoms with Crippen molar-refractivity contribution in [2.75, 3.05) is 6.61 Å². The summed E-state index contributed by atoms with van der Waals surface area (Å²) in [5.41, 5.74) is 2.89. The highest BCUT2D eigenvalue weighted by molar-refractivity contribution is 5.64. The lowest BCUT2D eigenvalue weighted by molar-refractivity contribution is 0.363. The van der Waals surface area contributed by atoms with Gasteiger partial charge in [-0.1, -0.05) is 62.3 Å². The molecule has 0 radical (unpaired) electrons. The van der Waals surface area contributed by atoms with Gasteiger partial charge in [-0.15, -0.1) is 0 Å². The first-order chi connectivity index (χ1) is 12.3. The Morgan fingerprint density at radius 2 is 1.52 bits per heavy atom. The van der Waals surface area contributed by atoms with Crippen LogP contribution in [0.1, 0.15) is 38.2 Å². The van der Waals surface area contributed by atoms with Crippen LogP contribution in [0.25, 0.3) is 11.1 Å². The van der Waals surface area contributed by atoms with E-state index in [1.54, 1.807) is 0 Å². The number of nitrogens with zero attached hydrogens (tertiary/aromatic N) is 1. The van der Waals surface area contributed by atoms with Gasteiger partial charge in [0.05, 0.1) is 11.6 Å². The van der Waals surface area contributed by atoms with E-state index in [1.807, 2.05) is 60.7 Å². The van der Waals surface area contributed by atoms with Crippen LogP contribution in [0.5, 0.6) is 5.75 Å². The van der Waals surface area contributed by atoms with Crippen LogP contribution in [-0.2, 0) is 0 Å². The predicted octanol–water partition coefficient (Wildman–Crippen LogP) is 6.30. The summed E-state index contributed by atoms with van der Waals surface area (Å²) in [6, 6.07) is 17.7. The largest absolute Gasteiger partial charge is 0.490 e. The molecule has 0 amide bonds. The molecule has 0 aliphatic rings. The maximum absolute atomic E-state index is 8.84. The number of benzene rings is 2. The summed E-state index contributed by atoms with van der Waals surface area (Å²) in [6.07, 6.45) is 13.3. The molecule has 0 saturated carbocycles. The summed E-state index contributed by atoms with van der Waals surface area (Å²) in [5, 5.41) is 8.84. The molecule has 2 rings (SSSR count). The average molecular weight is 331 g/mol. The first-order valence-corrected chi connectivity index (χ1v) is 8.88. The molecule has 0 aliphatic carbocycles. The second kappa shape index (κ2) is 10.9. The van der Waals surface area contributed by atoms with Crippen LogP contribution in [0.15, 0.2) is 72.8 Å². The predicted molar refractivity (Wildman–Crippen MR) is 105 cm³/mol. The van der Waals surface area contributed by atoms with Crippen molar-refractivity contribution >= 4 is 0 Å². The van der Waals surface area contributed by atoms with Crippen molar-refractivity contribution in [2.24, 2.45) is 0 Å². The second-order valence-electron chi connectivity index (χ2n) is 5.88. The van der Waals surface area contributed by atoms with Gasteiger partial charge in [0.15, 0.2) is 0 Å². The minimum absolute atomic E-state index is 0.565. The average Bonchev–Trinajstić information content (AvgIpc) is 2.67. The number of nitriles is 1. The van der Waals surface area contributed by atoms with E-state index in [-0.39, 0.29) is 0 Å². The molecule has 0 unspecified atom stereocenters. The Morgan fingerprint density at radius 1 is 0.880 bits per heavy atom. The van der Waals surface area contributed by atoms with Gasteiger partial charge >= 0.3 is 0 Å². The van der Waals surface area contributed by atoms with E-state index < -0.39 is 0 Å². The molecule has 0 atom stereocenters. The highest BCUT2D eigenvalue weighted by atomic mass is 16.5. The Balaban J connectivity index is 1.77. The minimum atomic E-state index is 0.565. The van der Waals surface area contributed by atoms with E-state index in [1.165, 1.54) is 19.3 Å². The van der Waals surface area contributed by atoms with Crippen molar-refractivity contribution in [3.05, 3.63) is 78.4 Å². The molecule has 2 aromatic carbocycles. The van der Waals surface area contributed by atoms with Crippen LogP contribution in [-0.4, -0.2) is 6.61 Å². The molecular formula is C23H25NO. The van der Waals surface area contributed by atoms with Crippen molar-refractivity contribution in [3.63, 3.8) is 0 Å². The molecule has 0 N–H and O–H groups in total. The summed E-state index contributed by atoms with van der Waals surface area (Å²) in [4.78, 5) is 0. The van der Waals surface area contributed by atoms with E-state index in [0.717, 1.165) is 23.3 Å². The molecule has 0 spiro atoms. The molecule has 25 heavy (non-hydrogen) atoms. The molecule has 0 fully saturated rings. The smallest absolute Gasteiger partial charge is 0.119 e. The third kappa shape index (κ3) is 6.69. The standard InChI is InChI=1S/C23H25NO/c1-2-3-4-5-6-7-8-9-18-25-23-16-14-22(15-17-23)21-12-10-20(19-24)11-13-21/h6-17H,2-5,18H2,1H3/b7-6+,9-8+. The lowest BCUT2D eigenvalue weighted by atomic mass is 10.0. The molecular weight excluding hydrogens is 306 g/mol. The van der Waals surface area contributed by atoms with Crippen molar-refractivity contribution in [1.29, 1.82) is 5.26 Å². The maximum Gasteiger partial charge on any atom is 0.119 e. The van der Waals surface area contributed by atoms with Gasteiger partial charge in [-0.3, -0.25) is 0 Å². The minimum Gasteiger partial charge on any atom is -0.490 e. The molecule has 0 aliphatic heterocycles. The fraction of sp³-hybridized carbons (Fsp3) is 0.261. The zero-order valence-electron chi connectivity index (χ0n) is 14.8. The van der Waals surface area contributed by atoms with Crippen LogP contribution in [0.2, 0.25) is 0 Å². The topological polar surface area (TPSA) is 33.0 Å². The van der Waals surface area contributed by atoms with Crippen LogP contribution >= 0.6 is 0 Å². The Kier molecular flexibility index (Phi) is 8.08. The summed E-state index contributed by atoms with van der Waals surface area (Å²) < 4.78 is 5.71. The molecule has 2 aromatic rings. The third-order valence-electron chi connectivity index (χ3n) is 3.91. The van der Waals surface area contributed by atoms with Gasteiger partial charge in [-0.05, 0) is 54.3 Å². The van der Waals surface area contributed by atoms with Gasteiger partial charge in [-0.2, -0.15) is 5.26 Å². The van der Waals surface area contributed by atoms with Gasteiger partial charge in [0.2, 0.25) is 0 Å². The molecule has 0 saturated heterocycles. The summed E-state index contributed by atoms with van der Waals surface area (Å²) in [7, 11) is 0. The number of hydrogen-bond acceptors (Lipinski definition) is 2. The first kappa shape index (κ1) is 18.5. The molecule has 2 heteroatoms. The number of rotatable bonds is 9. The number of unbranched alkanes of at least 4 members (excludes halogenated alkanes) is 3. The molecule has 0 bridgehead atoms. The Bertz CT molecular complexity index is 718. The Morgan fingerprint density at radius 3 is 2.16 bits per heavy atom. The zero-order valence-corrected chi connectivity index (χ0v) is 14.8. The van der Waals surface area contributed by atoms with Gasteiger partial charge in [0.1, 0.15) is 12.4 Å². The quantitative estimate of drug-likeness (QED) is 0.399. The van der Waals surface area contributed by atoms with Crippen molar-refractivity contribution in [2.45, 2.75) is 32.6 Å². The summed E-state index contributed by atoms with van der Waals surface area (Å²) in [6.45, 7) is 2.79. The monoisotopic (exact) mass is 331 g/mol. The van der Waals surface area contributed by atoms with Crippen molar-refractivity contribution in [1.82, 2.24) is 0 Å². The van der Waals surface area contributed by atoms with Crippen LogP contribution < -0.4 is 4.74 Å². The SMILES string of the molecule is CCCCC/C=C/C=C/COc1ccc(-c2ccc(C#N)cc2)cc1. The molecule has 2 nitrogen and oxygen atoms in total. The summed E-state index contributed by atoms with van der Waals surface area (Å²) in [5.74, 6) is 0.856. The fourth-order valence-corrected chi connectivity index (χ4v) is 2.45. The van der Waals surface area contributed by atoms with Crippen molar-refractivity contribution in [3.8, 4) is 22.9 Å². The van der Waals surface area contributed by atoms with Crippen LogP contribution in [0.3, 0.4) is 0 Å².